The molecule has 0 radical (unpaired) electrons. The van der Waals surface area contributed by atoms with Gasteiger partial charge in [-0.3, -0.25) is 0 Å². The minimum Gasteiger partial charge on any atom is -0.473 e. The number of likely N-dealkylation sites (tertiary alicyclic amines) is 1. The largest absolute Gasteiger partial charge is 0.473 e. The number of hydrogen-bond acceptors (Lipinski definition) is 4. The predicted octanol–water partition coefficient (Wildman–Crippen LogP) is 5.57. The molecule has 0 spiro atoms. The molecule has 3 rings (SSSR count). The van der Waals surface area contributed by atoms with Gasteiger partial charge in [0, 0.05) is 41.4 Å². The summed E-state index contributed by atoms with van der Waals surface area (Å²) >= 11 is 5.75. The highest BCUT2D eigenvalue weighted by molar-refractivity contribution is 6.30. The third-order valence-corrected chi connectivity index (χ3v) is 4.74. The van der Waals surface area contributed by atoms with Crippen LogP contribution in [0.25, 0.3) is 0 Å². The molecule has 1 aliphatic rings. The highest BCUT2D eigenvalue weighted by atomic mass is 35.5. The summed E-state index contributed by atoms with van der Waals surface area (Å²) in [6.45, 7) is 4.18. The maximum atomic E-state index is 14.2. The number of rotatable bonds is 4. The summed E-state index contributed by atoms with van der Waals surface area (Å²) < 4.78 is 41.3. The van der Waals surface area contributed by atoms with Crippen LogP contribution in [0.1, 0.15) is 53.5 Å². The number of carbonyl (C=O) groups is 1. The number of benzene rings is 1. The van der Waals surface area contributed by atoms with E-state index in [-0.39, 0.29) is 28.5 Å². The second kappa shape index (κ2) is 8.99. The summed E-state index contributed by atoms with van der Waals surface area (Å²) in [5.41, 5.74) is -0.0486. The van der Waals surface area contributed by atoms with E-state index < -0.39 is 18.0 Å². The number of pyridine rings is 1. The quantitative estimate of drug-likeness (QED) is 0.646. The number of piperidine rings is 1. The van der Waals surface area contributed by atoms with Gasteiger partial charge in [0.2, 0.25) is 5.88 Å². The third-order valence-electron chi connectivity index (χ3n) is 4.51. The molecule has 0 saturated carbocycles. The third kappa shape index (κ3) is 6.07. The van der Waals surface area contributed by atoms with Gasteiger partial charge < -0.3 is 14.4 Å². The van der Waals surface area contributed by atoms with Crippen molar-refractivity contribution in [3.63, 3.8) is 0 Å². The Hall–Kier alpha value is -2.34. The molecule has 5 nitrogen and oxygen atoms in total. The van der Waals surface area contributed by atoms with Crippen LogP contribution in [0.3, 0.4) is 0 Å². The van der Waals surface area contributed by atoms with E-state index in [1.165, 1.54) is 18.2 Å². The van der Waals surface area contributed by atoms with Crippen molar-refractivity contribution in [3.8, 4) is 5.88 Å². The molecule has 0 unspecified atom stereocenters. The Balaban J connectivity index is 1.66. The fourth-order valence-electron chi connectivity index (χ4n) is 3.08. The van der Waals surface area contributed by atoms with Gasteiger partial charge >= 0.3 is 6.09 Å². The molecule has 0 N–H and O–H groups in total. The van der Waals surface area contributed by atoms with Gasteiger partial charge in [0.1, 0.15) is 18.0 Å². The Labute approximate surface area is 178 Å². The first-order valence-electron chi connectivity index (χ1n) is 10.5. The molecule has 2 aromatic rings. The van der Waals surface area contributed by atoms with Gasteiger partial charge in [-0.2, -0.15) is 0 Å². The molecule has 1 aromatic heterocycles. The van der Waals surface area contributed by atoms with Crippen LogP contribution in [0.15, 0.2) is 36.4 Å². The Morgan fingerprint density at radius 3 is 2.69 bits per heavy atom. The van der Waals surface area contributed by atoms with Crippen LogP contribution in [0, 0.1) is 5.82 Å². The standard InChI is InChI=1S/C22H26ClFN2O3/c1-22(2,3)29-21(27)26-11-9-15(10-12-26)19-5-4-6-20(25-19)28-14-16-7-8-17(23)13-18(16)24/h4-8,13,15H,9-12,14H2,1-3H3/i14D2. The van der Waals surface area contributed by atoms with Gasteiger partial charge in [-0.1, -0.05) is 23.7 Å². The molecule has 7 heteroatoms. The summed E-state index contributed by atoms with van der Waals surface area (Å²) in [5, 5.41) is 0.176. The van der Waals surface area contributed by atoms with Crippen LogP contribution >= 0.6 is 11.6 Å². The molecule has 2 heterocycles. The summed E-state index contributed by atoms with van der Waals surface area (Å²) in [5.74, 6) is -0.630. The maximum Gasteiger partial charge on any atom is 0.410 e. The van der Waals surface area contributed by atoms with Crippen molar-refractivity contribution in [2.45, 2.75) is 51.7 Å². The minimum atomic E-state index is -2.42. The number of amides is 1. The van der Waals surface area contributed by atoms with Crippen LogP contribution < -0.4 is 4.74 Å². The zero-order valence-corrected chi connectivity index (χ0v) is 17.5. The lowest BCUT2D eigenvalue weighted by Crippen LogP contribution is -2.41. The molecule has 0 aliphatic carbocycles. The Morgan fingerprint density at radius 1 is 1.31 bits per heavy atom. The molecule has 1 aromatic carbocycles. The molecule has 1 aliphatic heterocycles. The van der Waals surface area contributed by atoms with Gasteiger partial charge in [0.15, 0.2) is 0 Å². The lowest BCUT2D eigenvalue weighted by Gasteiger charge is -2.33. The lowest BCUT2D eigenvalue weighted by atomic mass is 9.93. The first-order valence-corrected chi connectivity index (χ1v) is 9.92. The van der Waals surface area contributed by atoms with Crippen molar-refractivity contribution >= 4 is 17.7 Å². The van der Waals surface area contributed by atoms with E-state index >= 15 is 0 Å². The Kier molecular flexibility index (Phi) is 5.79. The van der Waals surface area contributed by atoms with Crippen LogP contribution in [-0.4, -0.2) is 34.7 Å². The molecule has 1 saturated heterocycles. The van der Waals surface area contributed by atoms with E-state index in [0.717, 1.165) is 11.8 Å². The zero-order valence-electron chi connectivity index (χ0n) is 18.7. The number of halogens is 2. The molecule has 0 bridgehead atoms. The minimum absolute atomic E-state index is 0.0615. The smallest absolute Gasteiger partial charge is 0.410 e. The molecule has 1 amide bonds. The molecular formula is C22H26ClFN2O3. The van der Waals surface area contributed by atoms with Crippen LogP contribution in [-0.2, 0) is 11.3 Å². The second-order valence-electron chi connectivity index (χ2n) is 7.97. The number of hydrogen-bond donors (Lipinski definition) is 0. The average Bonchev–Trinajstić information content (AvgIpc) is 2.66. The lowest BCUT2D eigenvalue weighted by molar-refractivity contribution is 0.0204. The van der Waals surface area contributed by atoms with Crippen molar-refractivity contribution in [3.05, 3.63) is 58.5 Å². The fourth-order valence-corrected chi connectivity index (χ4v) is 3.24. The second-order valence-corrected chi connectivity index (χ2v) is 8.41. The monoisotopic (exact) mass is 422 g/mol. The predicted molar refractivity (Wildman–Crippen MR) is 110 cm³/mol. The van der Waals surface area contributed by atoms with E-state index in [2.05, 4.69) is 4.98 Å². The van der Waals surface area contributed by atoms with E-state index in [1.807, 2.05) is 26.8 Å². The summed E-state index contributed by atoms with van der Waals surface area (Å²) in [7, 11) is 0. The maximum absolute atomic E-state index is 14.2. The molecular weight excluding hydrogens is 395 g/mol. The van der Waals surface area contributed by atoms with Crippen molar-refractivity contribution in [1.82, 2.24) is 9.88 Å². The SMILES string of the molecule is [2H]C([2H])(Oc1cccc(C2CCN(C(=O)OC(C)(C)C)CC2)n1)c1ccc(Cl)cc1F. The summed E-state index contributed by atoms with van der Waals surface area (Å²) in [6.07, 6.45) is 1.08. The van der Waals surface area contributed by atoms with Crippen molar-refractivity contribution < 1.29 is 21.4 Å². The van der Waals surface area contributed by atoms with Crippen LogP contribution in [0.5, 0.6) is 5.88 Å². The Bertz CT molecular complexity index is 945. The zero-order chi connectivity index (χ0) is 22.8. The van der Waals surface area contributed by atoms with Crippen molar-refractivity contribution in [1.29, 1.82) is 0 Å². The highest BCUT2D eigenvalue weighted by Gasteiger charge is 2.28. The van der Waals surface area contributed by atoms with Gasteiger partial charge in [0.05, 0.1) is 2.74 Å². The molecule has 1 fully saturated rings. The first-order chi connectivity index (χ1) is 14.4. The van der Waals surface area contributed by atoms with E-state index in [4.69, 9.17) is 23.8 Å². The molecule has 0 atom stereocenters. The van der Waals surface area contributed by atoms with E-state index in [9.17, 15) is 9.18 Å². The summed E-state index contributed by atoms with van der Waals surface area (Å²) in [4.78, 5) is 18.4. The van der Waals surface area contributed by atoms with Gasteiger partial charge in [-0.05, 0) is 51.8 Å². The van der Waals surface area contributed by atoms with Gasteiger partial charge in [-0.15, -0.1) is 0 Å². The number of carbonyl (C=O) groups excluding carboxylic acids is 1. The fraction of sp³-hybridized carbons (Fsp3) is 0.455. The van der Waals surface area contributed by atoms with E-state index in [0.29, 0.717) is 25.9 Å². The molecule has 29 heavy (non-hydrogen) atoms. The van der Waals surface area contributed by atoms with Crippen LogP contribution in [0.4, 0.5) is 9.18 Å². The topological polar surface area (TPSA) is 51.7 Å². The van der Waals surface area contributed by atoms with E-state index in [1.54, 1.807) is 11.0 Å². The number of ether oxygens (including phenoxy) is 2. The first kappa shape index (κ1) is 18.7. The Morgan fingerprint density at radius 2 is 2.03 bits per heavy atom. The van der Waals surface area contributed by atoms with Crippen molar-refractivity contribution in [2.24, 2.45) is 0 Å². The normalized spacial score (nSPS) is 16.8. The summed E-state index contributed by atoms with van der Waals surface area (Å²) in [6, 6.07) is 8.81. The number of nitrogens with zero attached hydrogens (tertiary/aromatic N) is 2. The van der Waals surface area contributed by atoms with Crippen molar-refractivity contribution in [2.75, 3.05) is 13.1 Å². The highest BCUT2D eigenvalue weighted by Crippen LogP contribution is 2.29. The molecule has 156 valence electrons. The number of aromatic nitrogens is 1. The average molecular weight is 423 g/mol. The van der Waals surface area contributed by atoms with Gasteiger partial charge in [0.25, 0.3) is 0 Å². The van der Waals surface area contributed by atoms with Gasteiger partial charge in [-0.25, -0.2) is 14.2 Å². The van der Waals surface area contributed by atoms with Crippen LogP contribution in [0.2, 0.25) is 5.02 Å².